The Labute approximate surface area is 193 Å². The Morgan fingerprint density at radius 2 is 1.81 bits per heavy atom. The first-order chi connectivity index (χ1) is 15.0. The zero-order valence-electron chi connectivity index (χ0n) is 17.9. The highest BCUT2D eigenvalue weighted by Crippen LogP contribution is 2.31. The molecule has 164 valence electrons. The van der Waals surface area contributed by atoms with Crippen LogP contribution in [0.15, 0.2) is 42.6 Å². The van der Waals surface area contributed by atoms with Gasteiger partial charge in [0.15, 0.2) is 0 Å². The fourth-order valence-corrected chi connectivity index (χ4v) is 4.31. The molecule has 1 saturated heterocycles. The molecule has 6 nitrogen and oxygen atoms in total. The van der Waals surface area contributed by atoms with Gasteiger partial charge in [0.25, 0.3) is 0 Å². The van der Waals surface area contributed by atoms with E-state index in [1.807, 2.05) is 30.5 Å². The smallest absolute Gasteiger partial charge is 0.122 e. The summed E-state index contributed by atoms with van der Waals surface area (Å²) in [6, 6.07) is 11.8. The van der Waals surface area contributed by atoms with Crippen molar-refractivity contribution in [3.8, 4) is 5.75 Å². The molecule has 2 aromatic carbocycles. The molecule has 1 fully saturated rings. The van der Waals surface area contributed by atoms with Crippen LogP contribution in [-0.2, 0) is 0 Å². The van der Waals surface area contributed by atoms with E-state index in [2.05, 4.69) is 51.1 Å². The highest BCUT2D eigenvalue weighted by molar-refractivity contribution is 6.35. The fourth-order valence-electron chi connectivity index (χ4n) is 3.88. The third-order valence-corrected chi connectivity index (χ3v) is 5.98. The summed E-state index contributed by atoms with van der Waals surface area (Å²) in [6.07, 6.45) is 2.80. The second kappa shape index (κ2) is 9.90. The van der Waals surface area contributed by atoms with E-state index >= 15 is 0 Å². The number of anilines is 2. The summed E-state index contributed by atoms with van der Waals surface area (Å²) >= 11 is 12.7. The Bertz CT molecular complexity index is 1040. The van der Waals surface area contributed by atoms with E-state index in [-0.39, 0.29) is 0 Å². The first-order valence-electron chi connectivity index (χ1n) is 10.5. The first kappa shape index (κ1) is 21.9. The number of fused-ring (bicyclic) bond motifs is 1. The SMILES string of the molecule is CN(C)CCCOc1cc(Cl)cc(N2CCN(c3cnnc4c(Cl)cccc34)CC2)c1. The van der Waals surface area contributed by atoms with Gasteiger partial charge in [0.1, 0.15) is 11.3 Å². The minimum absolute atomic E-state index is 0.627. The summed E-state index contributed by atoms with van der Waals surface area (Å²) in [5.74, 6) is 0.822. The monoisotopic (exact) mass is 459 g/mol. The number of benzene rings is 2. The van der Waals surface area contributed by atoms with Gasteiger partial charge in [0.05, 0.1) is 23.5 Å². The van der Waals surface area contributed by atoms with E-state index in [1.54, 1.807) is 0 Å². The van der Waals surface area contributed by atoms with Crippen molar-refractivity contribution in [1.29, 1.82) is 0 Å². The maximum absolute atomic E-state index is 6.38. The van der Waals surface area contributed by atoms with Gasteiger partial charge in [-0.25, -0.2) is 0 Å². The summed E-state index contributed by atoms with van der Waals surface area (Å²) < 4.78 is 5.94. The van der Waals surface area contributed by atoms with Crippen molar-refractivity contribution < 1.29 is 4.74 Å². The molecule has 8 heteroatoms. The van der Waals surface area contributed by atoms with E-state index in [1.165, 1.54) is 0 Å². The summed E-state index contributed by atoms with van der Waals surface area (Å²) in [5.41, 5.74) is 2.91. The molecule has 4 rings (SSSR count). The molecule has 2 heterocycles. The number of hydrogen-bond donors (Lipinski definition) is 0. The Kier molecular flexibility index (Phi) is 7.00. The lowest BCUT2D eigenvalue weighted by Gasteiger charge is -2.37. The average Bonchev–Trinajstić information content (AvgIpc) is 2.76. The fraction of sp³-hybridized carbons (Fsp3) is 0.391. The van der Waals surface area contributed by atoms with E-state index in [0.29, 0.717) is 16.7 Å². The lowest BCUT2D eigenvalue weighted by atomic mass is 10.1. The second-order valence-corrected chi connectivity index (χ2v) is 8.83. The number of piperazine rings is 1. The number of ether oxygens (including phenoxy) is 1. The lowest BCUT2D eigenvalue weighted by molar-refractivity contribution is 0.281. The zero-order valence-corrected chi connectivity index (χ0v) is 19.4. The van der Waals surface area contributed by atoms with E-state index in [9.17, 15) is 0 Å². The maximum Gasteiger partial charge on any atom is 0.122 e. The molecule has 0 N–H and O–H groups in total. The molecule has 3 aromatic rings. The molecule has 0 atom stereocenters. The van der Waals surface area contributed by atoms with Crippen molar-refractivity contribution in [3.63, 3.8) is 0 Å². The number of aromatic nitrogens is 2. The molecule has 1 aromatic heterocycles. The molecule has 0 saturated carbocycles. The van der Waals surface area contributed by atoms with Crippen molar-refractivity contribution in [2.75, 3.05) is 63.2 Å². The van der Waals surface area contributed by atoms with Gasteiger partial charge in [-0.15, -0.1) is 5.10 Å². The summed E-state index contributed by atoms with van der Waals surface area (Å²) in [5, 5.41) is 10.7. The third-order valence-electron chi connectivity index (χ3n) is 5.46. The van der Waals surface area contributed by atoms with Crippen molar-refractivity contribution in [1.82, 2.24) is 15.1 Å². The summed E-state index contributed by atoms with van der Waals surface area (Å²) in [4.78, 5) is 6.84. The van der Waals surface area contributed by atoms with Crippen LogP contribution in [0.4, 0.5) is 11.4 Å². The van der Waals surface area contributed by atoms with Crippen LogP contribution in [-0.4, -0.2) is 68.5 Å². The predicted molar refractivity (Wildman–Crippen MR) is 129 cm³/mol. The van der Waals surface area contributed by atoms with Crippen LogP contribution in [0.2, 0.25) is 10.0 Å². The van der Waals surface area contributed by atoms with Gasteiger partial charge in [-0.05, 0) is 38.7 Å². The zero-order chi connectivity index (χ0) is 21.8. The number of rotatable bonds is 7. The van der Waals surface area contributed by atoms with Crippen LogP contribution >= 0.6 is 23.2 Å². The van der Waals surface area contributed by atoms with Crippen molar-refractivity contribution in [3.05, 3.63) is 52.6 Å². The Balaban J connectivity index is 1.43. The first-order valence-corrected chi connectivity index (χ1v) is 11.2. The molecule has 0 aliphatic carbocycles. The minimum atomic E-state index is 0.627. The largest absolute Gasteiger partial charge is 0.493 e. The van der Waals surface area contributed by atoms with Crippen molar-refractivity contribution in [2.45, 2.75) is 6.42 Å². The number of halogens is 2. The third kappa shape index (κ3) is 5.32. The maximum atomic E-state index is 6.38. The van der Waals surface area contributed by atoms with E-state index in [4.69, 9.17) is 27.9 Å². The molecular formula is C23H27Cl2N5O. The highest BCUT2D eigenvalue weighted by atomic mass is 35.5. The van der Waals surface area contributed by atoms with Crippen LogP contribution in [0.25, 0.3) is 10.9 Å². The molecule has 1 aliphatic rings. The molecule has 31 heavy (non-hydrogen) atoms. The predicted octanol–water partition coefficient (Wildman–Crippen LogP) is 4.59. The van der Waals surface area contributed by atoms with Crippen molar-refractivity contribution in [2.24, 2.45) is 0 Å². The van der Waals surface area contributed by atoms with Gasteiger partial charge in [-0.1, -0.05) is 35.3 Å². The van der Waals surface area contributed by atoms with Gasteiger partial charge in [-0.2, -0.15) is 5.10 Å². The summed E-state index contributed by atoms with van der Waals surface area (Å²) in [7, 11) is 4.13. The standard InChI is InChI=1S/C23H27Cl2N5O/c1-28(2)7-4-12-31-19-14-17(24)13-18(15-19)29-8-10-30(11-9-29)22-16-26-27-23-20(22)5-3-6-21(23)25/h3,5-6,13-16H,4,7-12H2,1-2H3. The van der Waals surface area contributed by atoms with Gasteiger partial charge in [0, 0.05) is 54.9 Å². The molecule has 0 amide bonds. The van der Waals surface area contributed by atoms with Gasteiger partial charge >= 0.3 is 0 Å². The van der Waals surface area contributed by atoms with Crippen LogP contribution < -0.4 is 14.5 Å². The van der Waals surface area contributed by atoms with E-state index < -0.39 is 0 Å². The van der Waals surface area contributed by atoms with Gasteiger partial charge in [0.2, 0.25) is 0 Å². The van der Waals surface area contributed by atoms with Crippen LogP contribution in [0.1, 0.15) is 6.42 Å². The molecule has 0 bridgehead atoms. The Morgan fingerprint density at radius 1 is 1.03 bits per heavy atom. The van der Waals surface area contributed by atoms with Gasteiger partial charge < -0.3 is 19.4 Å². The molecule has 0 unspecified atom stereocenters. The van der Waals surface area contributed by atoms with Gasteiger partial charge in [-0.3, -0.25) is 0 Å². The molecule has 1 aliphatic heterocycles. The number of hydrogen-bond acceptors (Lipinski definition) is 6. The highest BCUT2D eigenvalue weighted by Gasteiger charge is 2.21. The van der Waals surface area contributed by atoms with Crippen LogP contribution in [0.5, 0.6) is 5.75 Å². The Morgan fingerprint density at radius 3 is 2.58 bits per heavy atom. The lowest BCUT2D eigenvalue weighted by Crippen LogP contribution is -2.46. The van der Waals surface area contributed by atoms with Crippen LogP contribution in [0, 0.1) is 0 Å². The normalized spacial score (nSPS) is 14.5. The number of nitrogens with zero attached hydrogens (tertiary/aromatic N) is 5. The molecule has 0 spiro atoms. The van der Waals surface area contributed by atoms with Crippen molar-refractivity contribution >= 4 is 45.5 Å². The average molecular weight is 460 g/mol. The molecular weight excluding hydrogens is 433 g/mol. The Hall–Kier alpha value is -2.28. The van der Waals surface area contributed by atoms with E-state index in [0.717, 1.165) is 67.2 Å². The second-order valence-electron chi connectivity index (χ2n) is 7.99. The van der Waals surface area contributed by atoms with Crippen LogP contribution in [0.3, 0.4) is 0 Å². The quantitative estimate of drug-likeness (QED) is 0.481. The topological polar surface area (TPSA) is 44.7 Å². The minimum Gasteiger partial charge on any atom is -0.493 e. The summed E-state index contributed by atoms with van der Waals surface area (Å²) in [6.45, 7) is 5.18. The molecule has 0 radical (unpaired) electrons.